The van der Waals surface area contributed by atoms with Gasteiger partial charge in [-0.15, -0.1) is 0 Å². The first kappa shape index (κ1) is 19.3. The molecule has 9 heteroatoms. The highest BCUT2D eigenvalue weighted by Crippen LogP contribution is 2.37. The summed E-state index contributed by atoms with van der Waals surface area (Å²) < 4.78 is 1.24. The van der Waals surface area contributed by atoms with E-state index in [2.05, 4.69) is 5.10 Å². The Labute approximate surface area is 159 Å². The van der Waals surface area contributed by atoms with Crippen molar-refractivity contribution in [2.75, 3.05) is 4.90 Å². The summed E-state index contributed by atoms with van der Waals surface area (Å²) in [5.41, 5.74) is 0.358. The zero-order chi connectivity index (χ0) is 18.7. The molecule has 2 amide bonds. The Hall–Kier alpha value is -2.07. The summed E-state index contributed by atoms with van der Waals surface area (Å²) in [4.78, 5) is 25.6. The number of carbonyl (C=O) groups excluding carboxylic acids is 2. The second-order valence-electron chi connectivity index (χ2n) is 4.93. The smallest absolute Gasteiger partial charge is 0.234 e. The van der Waals surface area contributed by atoms with Gasteiger partial charge in [0.1, 0.15) is 11.6 Å². The van der Waals surface area contributed by atoms with Crippen molar-refractivity contribution < 1.29 is 9.59 Å². The van der Waals surface area contributed by atoms with Crippen LogP contribution in [0.1, 0.15) is 32.3 Å². The molecule has 25 heavy (non-hydrogen) atoms. The molecule has 0 saturated heterocycles. The summed E-state index contributed by atoms with van der Waals surface area (Å²) in [6, 6.07) is 4.99. The van der Waals surface area contributed by atoms with E-state index < -0.39 is 11.8 Å². The quantitative estimate of drug-likeness (QED) is 0.714. The average Bonchev–Trinajstić information content (AvgIpc) is 3.03. The molecule has 0 radical (unpaired) electrons. The van der Waals surface area contributed by atoms with E-state index >= 15 is 0 Å². The van der Waals surface area contributed by atoms with Crippen LogP contribution in [-0.2, 0) is 9.59 Å². The molecule has 1 aromatic carbocycles. The van der Waals surface area contributed by atoms with Crippen molar-refractivity contribution in [3.63, 3.8) is 0 Å². The van der Waals surface area contributed by atoms with Gasteiger partial charge in [0.05, 0.1) is 27.0 Å². The number of hydrogen-bond donors (Lipinski definition) is 0. The lowest BCUT2D eigenvalue weighted by Crippen LogP contribution is -2.38. The van der Waals surface area contributed by atoms with Gasteiger partial charge >= 0.3 is 0 Å². The van der Waals surface area contributed by atoms with Crippen molar-refractivity contribution in [2.45, 2.75) is 26.7 Å². The molecule has 2 rings (SSSR count). The third kappa shape index (κ3) is 3.49. The molecule has 130 valence electrons. The van der Waals surface area contributed by atoms with Crippen LogP contribution in [0.4, 0.5) is 5.82 Å². The number of nitriles is 1. The lowest BCUT2D eigenvalue weighted by atomic mass is 10.2. The molecule has 0 unspecified atom stereocenters. The Morgan fingerprint density at radius 3 is 2.28 bits per heavy atom. The fourth-order valence-electron chi connectivity index (χ4n) is 2.18. The lowest BCUT2D eigenvalue weighted by Gasteiger charge is -2.22. The third-order valence-corrected chi connectivity index (χ3v) is 4.71. The van der Waals surface area contributed by atoms with Crippen molar-refractivity contribution in [1.29, 1.82) is 5.26 Å². The number of benzene rings is 1. The van der Waals surface area contributed by atoms with Crippen LogP contribution in [0.2, 0.25) is 15.1 Å². The second-order valence-corrected chi connectivity index (χ2v) is 6.09. The van der Waals surface area contributed by atoms with Gasteiger partial charge in [-0.2, -0.15) is 10.4 Å². The van der Waals surface area contributed by atoms with Crippen LogP contribution in [0.5, 0.6) is 0 Å². The number of imide groups is 1. The van der Waals surface area contributed by atoms with Gasteiger partial charge < -0.3 is 0 Å². The van der Waals surface area contributed by atoms with Crippen molar-refractivity contribution in [3.05, 3.63) is 39.0 Å². The van der Waals surface area contributed by atoms with Gasteiger partial charge in [0.25, 0.3) is 0 Å². The van der Waals surface area contributed by atoms with E-state index in [4.69, 9.17) is 34.8 Å². The van der Waals surface area contributed by atoms with Gasteiger partial charge in [-0.05, 0) is 12.1 Å². The molecule has 1 heterocycles. The first-order valence-corrected chi connectivity index (χ1v) is 8.48. The normalized spacial score (nSPS) is 10.4. The standard InChI is InChI=1S/C16H13Cl3N4O2/c1-3-12(24)22(13(25)4-2)16-9(7-20)8-21-23(16)11-6-5-10(17)14(18)15(11)19/h5-6,8H,3-4H2,1-2H3. The van der Waals surface area contributed by atoms with Gasteiger partial charge in [-0.25, -0.2) is 9.58 Å². The van der Waals surface area contributed by atoms with Gasteiger partial charge in [0.15, 0.2) is 5.82 Å². The minimum atomic E-state index is -0.457. The number of amides is 2. The number of anilines is 1. The predicted molar refractivity (Wildman–Crippen MR) is 96.4 cm³/mol. The van der Waals surface area contributed by atoms with Crippen LogP contribution in [0, 0.1) is 11.3 Å². The van der Waals surface area contributed by atoms with Crippen LogP contribution in [0.25, 0.3) is 5.69 Å². The zero-order valence-corrected chi connectivity index (χ0v) is 15.7. The number of halogens is 3. The fraction of sp³-hybridized carbons (Fsp3) is 0.250. The molecule has 0 aliphatic heterocycles. The summed E-state index contributed by atoms with van der Waals surface area (Å²) in [6.07, 6.45) is 1.42. The van der Waals surface area contributed by atoms with Gasteiger partial charge in [-0.1, -0.05) is 48.7 Å². The molecular formula is C16H13Cl3N4O2. The van der Waals surface area contributed by atoms with E-state index in [0.717, 1.165) is 4.90 Å². The molecule has 2 aromatic rings. The maximum absolute atomic E-state index is 12.3. The third-order valence-electron chi connectivity index (χ3n) is 3.42. The highest BCUT2D eigenvalue weighted by molar-refractivity contribution is 6.48. The summed E-state index contributed by atoms with van der Waals surface area (Å²) in [7, 11) is 0. The van der Waals surface area contributed by atoms with Gasteiger partial charge in [0, 0.05) is 12.8 Å². The highest BCUT2D eigenvalue weighted by atomic mass is 35.5. The predicted octanol–water partition coefficient (Wildman–Crippen LogP) is 4.38. The summed E-state index contributed by atoms with van der Waals surface area (Å²) in [5.74, 6) is -0.885. The number of rotatable bonds is 4. The monoisotopic (exact) mass is 398 g/mol. The number of nitrogens with zero attached hydrogens (tertiary/aromatic N) is 4. The van der Waals surface area contributed by atoms with E-state index in [9.17, 15) is 14.9 Å². The number of hydrogen-bond acceptors (Lipinski definition) is 4. The van der Waals surface area contributed by atoms with Crippen LogP contribution in [-0.4, -0.2) is 21.6 Å². The van der Waals surface area contributed by atoms with Gasteiger partial charge in [-0.3, -0.25) is 9.59 Å². The van der Waals surface area contributed by atoms with E-state index in [1.807, 2.05) is 6.07 Å². The van der Waals surface area contributed by atoms with Gasteiger partial charge in [0.2, 0.25) is 11.8 Å². The van der Waals surface area contributed by atoms with Crippen LogP contribution in [0.3, 0.4) is 0 Å². The van der Waals surface area contributed by atoms with E-state index in [1.54, 1.807) is 19.9 Å². The number of aromatic nitrogens is 2. The molecule has 0 aliphatic rings. The maximum Gasteiger partial charge on any atom is 0.234 e. The minimum absolute atomic E-state index is 0.0292. The van der Waals surface area contributed by atoms with Crippen LogP contribution in [0.15, 0.2) is 18.3 Å². The molecule has 1 aromatic heterocycles. The van der Waals surface area contributed by atoms with Crippen molar-refractivity contribution in [3.8, 4) is 11.8 Å². The van der Waals surface area contributed by atoms with Crippen LogP contribution < -0.4 is 4.90 Å². The minimum Gasteiger partial charge on any atom is -0.274 e. The molecule has 0 aliphatic carbocycles. The Bertz CT molecular complexity index is 870. The van der Waals surface area contributed by atoms with E-state index in [1.165, 1.54) is 16.9 Å². The topological polar surface area (TPSA) is 79.0 Å². The molecule has 0 atom stereocenters. The van der Waals surface area contributed by atoms with E-state index in [0.29, 0.717) is 5.69 Å². The highest BCUT2D eigenvalue weighted by Gasteiger charge is 2.29. The first-order chi connectivity index (χ1) is 11.9. The maximum atomic E-state index is 12.3. The molecular weight excluding hydrogens is 387 g/mol. The number of carbonyl (C=O) groups is 2. The molecule has 0 fully saturated rings. The Kier molecular flexibility index (Phi) is 6.07. The zero-order valence-electron chi connectivity index (χ0n) is 13.4. The lowest BCUT2D eigenvalue weighted by molar-refractivity contribution is -0.126. The fourth-order valence-corrected chi connectivity index (χ4v) is 2.79. The van der Waals surface area contributed by atoms with Crippen molar-refractivity contribution >= 4 is 52.4 Å². The molecule has 0 bridgehead atoms. The summed E-state index contributed by atoms with van der Waals surface area (Å²) in [6.45, 7) is 3.24. The van der Waals surface area contributed by atoms with Crippen LogP contribution >= 0.6 is 34.8 Å². The summed E-state index contributed by atoms with van der Waals surface area (Å²) in [5, 5.41) is 13.9. The largest absolute Gasteiger partial charge is 0.274 e. The first-order valence-electron chi connectivity index (χ1n) is 7.35. The molecule has 0 N–H and O–H groups in total. The average molecular weight is 400 g/mol. The van der Waals surface area contributed by atoms with Crippen molar-refractivity contribution in [2.24, 2.45) is 0 Å². The second kappa shape index (κ2) is 7.87. The van der Waals surface area contributed by atoms with E-state index in [-0.39, 0.29) is 39.3 Å². The summed E-state index contributed by atoms with van der Waals surface area (Å²) >= 11 is 18.2. The molecule has 0 spiro atoms. The molecule has 0 saturated carbocycles. The molecule has 6 nitrogen and oxygen atoms in total. The Balaban J connectivity index is 2.77. The van der Waals surface area contributed by atoms with Crippen molar-refractivity contribution in [1.82, 2.24) is 9.78 Å². The Morgan fingerprint density at radius 1 is 1.16 bits per heavy atom. The Morgan fingerprint density at radius 2 is 1.76 bits per heavy atom. The SMILES string of the molecule is CCC(=O)N(C(=O)CC)c1c(C#N)cnn1-c1ccc(Cl)c(Cl)c1Cl.